The molecule has 0 radical (unpaired) electrons. The van der Waals surface area contributed by atoms with Gasteiger partial charge < -0.3 is 10.5 Å². The summed E-state index contributed by atoms with van der Waals surface area (Å²) in [5.74, 6) is 0.271. The number of carbonyl (C=O) groups is 1. The maximum Gasteiger partial charge on any atom is 0.273 e. The van der Waals surface area contributed by atoms with Crippen LogP contribution in [0, 0.1) is 0 Å². The molecule has 0 aliphatic carbocycles. The summed E-state index contributed by atoms with van der Waals surface area (Å²) in [5.41, 5.74) is 10.9. The van der Waals surface area contributed by atoms with Crippen molar-refractivity contribution >= 4 is 49.7 Å². The number of anilines is 1. The van der Waals surface area contributed by atoms with Crippen LogP contribution in [-0.2, 0) is 6.61 Å². The normalized spacial score (nSPS) is 10.8. The number of halogens is 2. The Labute approximate surface area is 179 Å². The monoisotopic (exact) mass is 501 g/mol. The maximum absolute atomic E-state index is 12.4. The average molecular weight is 503 g/mol. The first-order chi connectivity index (χ1) is 13.5. The molecular weight excluding hydrogens is 486 g/mol. The molecule has 0 fully saturated rings. The third-order valence-corrected chi connectivity index (χ3v) is 4.98. The van der Waals surface area contributed by atoms with Crippen LogP contribution in [0.3, 0.4) is 0 Å². The number of nitrogens with zero attached hydrogens (tertiary/aromatic N) is 1. The molecule has 3 N–H and O–H groups in total. The number of amides is 1. The molecule has 0 spiro atoms. The van der Waals surface area contributed by atoms with Crippen molar-refractivity contribution in [1.82, 2.24) is 5.43 Å². The van der Waals surface area contributed by atoms with E-state index in [9.17, 15) is 4.79 Å². The van der Waals surface area contributed by atoms with E-state index in [1.807, 2.05) is 54.6 Å². The van der Waals surface area contributed by atoms with E-state index in [1.54, 1.807) is 18.3 Å². The highest BCUT2D eigenvalue weighted by atomic mass is 79.9. The van der Waals surface area contributed by atoms with Crippen LogP contribution in [0.25, 0.3) is 0 Å². The smallest absolute Gasteiger partial charge is 0.273 e. The number of hydrogen-bond acceptors (Lipinski definition) is 4. The van der Waals surface area contributed by atoms with Crippen molar-refractivity contribution in [3.63, 3.8) is 0 Å². The van der Waals surface area contributed by atoms with E-state index in [0.717, 1.165) is 15.6 Å². The molecule has 0 aromatic heterocycles. The molecule has 28 heavy (non-hydrogen) atoms. The van der Waals surface area contributed by atoms with Gasteiger partial charge in [0.2, 0.25) is 0 Å². The van der Waals surface area contributed by atoms with Crippen LogP contribution in [0.5, 0.6) is 5.75 Å². The molecule has 0 aliphatic heterocycles. The van der Waals surface area contributed by atoms with Crippen molar-refractivity contribution in [3.8, 4) is 5.75 Å². The standard InChI is InChI=1S/C21H17Br2N3O2/c22-16-10-17(20(24)18(23)11-16)21(27)26-25-12-15-8-4-5-9-19(15)28-13-14-6-2-1-3-7-14/h1-12H,13,24H2,(H,26,27)/b25-12+. The van der Waals surface area contributed by atoms with Gasteiger partial charge in [-0.15, -0.1) is 0 Å². The van der Waals surface area contributed by atoms with Crippen LogP contribution >= 0.6 is 31.9 Å². The van der Waals surface area contributed by atoms with E-state index in [1.165, 1.54) is 0 Å². The number of rotatable bonds is 6. The third kappa shape index (κ3) is 5.21. The Morgan fingerprint density at radius 2 is 1.79 bits per heavy atom. The number of carbonyl (C=O) groups excluding carboxylic acids is 1. The lowest BCUT2D eigenvalue weighted by molar-refractivity contribution is 0.0956. The zero-order chi connectivity index (χ0) is 19.9. The van der Waals surface area contributed by atoms with Crippen molar-refractivity contribution in [2.45, 2.75) is 6.61 Å². The highest BCUT2D eigenvalue weighted by Gasteiger charge is 2.12. The lowest BCUT2D eigenvalue weighted by atomic mass is 10.2. The van der Waals surface area contributed by atoms with Gasteiger partial charge in [-0.2, -0.15) is 5.10 Å². The summed E-state index contributed by atoms with van der Waals surface area (Å²) in [4.78, 5) is 12.4. The van der Waals surface area contributed by atoms with Gasteiger partial charge in [-0.25, -0.2) is 5.43 Å². The fourth-order valence-corrected chi connectivity index (χ4v) is 3.67. The molecular formula is C21H17Br2N3O2. The van der Waals surface area contributed by atoms with E-state index < -0.39 is 5.91 Å². The number of nitrogens with two attached hydrogens (primary N) is 1. The Kier molecular flexibility index (Phi) is 6.84. The molecule has 0 aliphatic rings. The largest absolute Gasteiger partial charge is 0.488 e. The molecule has 0 saturated heterocycles. The average Bonchev–Trinajstić information content (AvgIpc) is 2.70. The molecule has 7 heteroatoms. The van der Waals surface area contributed by atoms with Crippen LogP contribution in [0.15, 0.2) is 80.8 Å². The minimum absolute atomic E-state index is 0.326. The Bertz CT molecular complexity index is 1010. The molecule has 3 aromatic rings. The molecule has 1 amide bonds. The summed E-state index contributed by atoms with van der Waals surface area (Å²) in [7, 11) is 0. The molecule has 3 aromatic carbocycles. The first-order valence-corrected chi connectivity index (χ1v) is 9.97. The van der Waals surface area contributed by atoms with Gasteiger partial charge in [0.05, 0.1) is 17.5 Å². The summed E-state index contributed by atoms with van der Waals surface area (Å²) < 4.78 is 7.25. The first kappa shape index (κ1) is 20.1. The van der Waals surface area contributed by atoms with Gasteiger partial charge in [-0.05, 0) is 45.8 Å². The predicted molar refractivity (Wildman–Crippen MR) is 119 cm³/mol. The minimum Gasteiger partial charge on any atom is -0.488 e. The number of nitrogen functional groups attached to an aromatic ring is 1. The quantitative estimate of drug-likeness (QED) is 0.278. The first-order valence-electron chi connectivity index (χ1n) is 8.38. The van der Waals surface area contributed by atoms with E-state index in [-0.39, 0.29) is 0 Å². The second-order valence-corrected chi connectivity index (χ2v) is 7.63. The van der Waals surface area contributed by atoms with Crippen LogP contribution in [0.4, 0.5) is 5.69 Å². The van der Waals surface area contributed by atoms with Crippen molar-refractivity contribution in [1.29, 1.82) is 0 Å². The minimum atomic E-state index is -0.404. The van der Waals surface area contributed by atoms with Crippen molar-refractivity contribution in [3.05, 3.63) is 92.4 Å². The molecule has 142 valence electrons. The van der Waals surface area contributed by atoms with E-state index >= 15 is 0 Å². The van der Waals surface area contributed by atoms with Crippen molar-refractivity contribution in [2.75, 3.05) is 5.73 Å². The third-order valence-electron chi connectivity index (χ3n) is 3.86. The summed E-state index contributed by atoms with van der Waals surface area (Å²) in [6.45, 7) is 0.445. The molecule has 5 nitrogen and oxygen atoms in total. The van der Waals surface area contributed by atoms with Gasteiger partial charge in [-0.1, -0.05) is 58.4 Å². The lowest BCUT2D eigenvalue weighted by Gasteiger charge is -2.09. The zero-order valence-electron chi connectivity index (χ0n) is 14.7. The summed E-state index contributed by atoms with van der Waals surface area (Å²) in [6.07, 6.45) is 1.54. The van der Waals surface area contributed by atoms with Gasteiger partial charge >= 0.3 is 0 Å². The van der Waals surface area contributed by atoms with Gasteiger partial charge in [0.25, 0.3) is 5.91 Å². The number of nitrogens with one attached hydrogen (secondary N) is 1. The molecule has 0 saturated carbocycles. The highest BCUT2D eigenvalue weighted by molar-refractivity contribution is 9.11. The fraction of sp³-hybridized carbons (Fsp3) is 0.0476. The Morgan fingerprint density at radius 3 is 2.57 bits per heavy atom. The second-order valence-electron chi connectivity index (χ2n) is 5.86. The Hall–Kier alpha value is -2.64. The predicted octanol–water partition coefficient (Wildman–Crippen LogP) is 5.14. The van der Waals surface area contributed by atoms with E-state index in [0.29, 0.717) is 28.1 Å². The Morgan fingerprint density at radius 1 is 1.07 bits per heavy atom. The summed E-state index contributed by atoms with van der Waals surface area (Å²) >= 11 is 6.67. The number of benzene rings is 3. The number of hydrazone groups is 1. The summed E-state index contributed by atoms with van der Waals surface area (Å²) in [5, 5.41) is 4.04. The van der Waals surface area contributed by atoms with Gasteiger partial charge in [0.15, 0.2) is 0 Å². The van der Waals surface area contributed by atoms with Crippen LogP contribution in [0.1, 0.15) is 21.5 Å². The summed E-state index contributed by atoms with van der Waals surface area (Å²) in [6, 6.07) is 20.8. The second kappa shape index (κ2) is 9.52. The van der Waals surface area contributed by atoms with Gasteiger partial charge in [-0.3, -0.25) is 4.79 Å². The zero-order valence-corrected chi connectivity index (χ0v) is 17.9. The van der Waals surface area contributed by atoms with Gasteiger partial charge in [0.1, 0.15) is 12.4 Å². The maximum atomic E-state index is 12.4. The topological polar surface area (TPSA) is 76.7 Å². The number of para-hydroxylation sites is 1. The van der Waals surface area contributed by atoms with Crippen LogP contribution in [-0.4, -0.2) is 12.1 Å². The van der Waals surface area contributed by atoms with Crippen molar-refractivity contribution in [2.24, 2.45) is 5.10 Å². The Balaban J connectivity index is 1.68. The number of ether oxygens (including phenoxy) is 1. The van der Waals surface area contributed by atoms with E-state index in [4.69, 9.17) is 10.5 Å². The molecule has 0 bridgehead atoms. The fourth-order valence-electron chi connectivity index (χ4n) is 2.45. The molecule has 0 heterocycles. The highest BCUT2D eigenvalue weighted by Crippen LogP contribution is 2.28. The molecule has 3 rings (SSSR count). The van der Waals surface area contributed by atoms with E-state index in [2.05, 4.69) is 42.4 Å². The lowest BCUT2D eigenvalue weighted by Crippen LogP contribution is -2.19. The van der Waals surface area contributed by atoms with Crippen LogP contribution < -0.4 is 15.9 Å². The molecule has 0 unspecified atom stereocenters. The van der Waals surface area contributed by atoms with Crippen LogP contribution in [0.2, 0.25) is 0 Å². The van der Waals surface area contributed by atoms with Crippen molar-refractivity contribution < 1.29 is 9.53 Å². The number of hydrogen-bond donors (Lipinski definition) is 2. The molecule has 0 atom stereocenters. The van der Waals surface area contributed by atoms with Gasteiger partial charge in [0, 0.05) is 14.5 Å². The SMILES string of the molecule is Nc1c(Br)cc(Br)cc1C(=O)N/N=C/c1ccccc1OCc1ccccc1.